The molecule has 0 aromatic heterocycles. The normalized spacial score (nSPS) is 15.0. The molecule has 0 saturated heterocycles. The third-order valence-corrected chi connectivity index (χ3v) is 3.80. The maximum Gasteiger partial charge on any atom is 0.255 e. The van der Waals surface area contributed by atoms with Gasteiger partial charge < -0.3 is 10.2 Å². The lowest BCUT2D eigenvalue weighted by Gasteiger charge is -2.32. The minimum absolute atomic E-state index is 0.148. The number of amides is 1. The molecule has 1 amide bonds. The summed E-state index contributed by atoms with van der Waals surface area (Å²) >= 11 is 0. The van der Waals surface area contributed by atoms with Crippen LogP contribution in [0, 0.1) is 5.92 Å². The van der Waals surface area contributed by atoms with Gasteiger partial charge in [-0.15, -0.1) is 0 Å². The zero-order valence-electron chi connectivity index (χ0n) is 11.3. The number of carbonyl (C=O) groups is 1. The van der Waals surface area contributed by atoms with E-state index in [-0.39, 0.29) is 5.91 Å². The summed E-state index contributed by atoms with van der Waals surface area (Å²) in [6.45, 7) is 3.75. The second-order valence-corrected chi connectivity index (χ2v) is 4.94. The number of benzene rings is 1. The molecule has 0 unspecified atom stereocenters. The summed E-state index contributed by atoms with van der Waals surface area (Å²) in [5.74, 6) is 0.866. The van der Waals surface area contributed by atoms with E-state index in [9.17, 15) is 4.79 Å². The van der Waals surface area contributed by atoms with E-state index in [2.05, 4.69) is 12.2 Å². The molecular weight excluding hydrogens is 224 g/mol. The summed E-state index contributed by atoms with van der Waals surface area (Å²) in [6.07, 6.45) is 3.87. The Morgan fingerprint density at radius 2 is 2.11 bits per heavy atom. The molecule has 1 aromatic rings. The van der Waals surface area contributed by atoms with Gasteiger partial charge in [-0.05, 0) is 37.8 Å². The SMILES string of the molecule is CCN(CC1CCC1)C(=O)c1ccccc1NC. The van der Waals surface area contributed by atoms with Gasteiger partial charge in [-0.2, -0.15) is 0 Å². The summed E-state index contributed by atoms with van der Waals surface area (Å²) in [5, 5.41) is 3.09. The Balaban J connectivity index is 2.11. The number of nitrogens with zero attached hydrogens (tertiary/aromatic N) is 1. The van der Waals surface area contributed by atoms with Crippen molar-refractivity contribution in [1.29, 1.82) is 0 Å². The number of para-hydroxylation sites is 1. The second kappa shape index (κ2) is 5.89. The lowest BCUT2D eigenvalue weighted by molar-refractivity contribution is 0.0707. The third-order valence-electron chi connectivity index (χ3n) is 3.80. The van der Waals surface area contributed by atoms with Crippen LogP contribution < -0.4 is 5.32 Å². The molecule has 3 heteroatoms. The highest BCUT2D eigenvalue weighted by molar-refractivity contribution is 5.99. The molecule has 3 nitrogen and oxygen atoms in total. The number of rotatable bonds is 5. The standard InChI is InChI=1S/C15H22N2O/c1-3-17(11-12-7-6-8-12)15(18)13-9-4-5-10-14(13)16-2/h4-5,9-10,12,16H,3,6-8,11H2,1-2H3. The lowest BCUT2D eigenvalue weighted by atomic mass is 9.85. The van der Waals surface area contributed by atoms with Crippen molar-refractivity contribution in [3.05, 3.63) is 29.8 Å². The number of carbonyl (C=O) groups excluding carboxylic acids is 1. The zero-order chi connectivity index (χ0) is 13.0. The molecule has 0 radical (unpaired) electrons. The van der Waals surface area contributed by atoms with Crippen molar-refractivity contribution in [2.45, 2.75) is 26.2 Å². The molecule has 0 atom stereocenters. The van der Waals surface area contributed by atoms with E-state index in [4.69, 9.17) is 0 Å². The number of anilines is 1. The van der Waals surface area contributed by atoms with Crippen LogP contribution in [0.3, 0.4) is 0 Å². The molecule has 98 valence electrons. The van der Waals surface area contributed by atoms with Crippen LogP contribution in [0.2, 0.25) is 0 Å². The first-order valence-corrected chi connectivity index (χ1v) is 6.82. The summed E-state index contributed by atoms with van der Waals surface area (Å²) in [5.41, 5.74) is 1.69. The van der Waals surface area contributed by atoms with Gasteiger partial charge in [-0.1, -0.05) is 18.6 Å². The van der Waals surface area contributed by atoms with Crippen molar-refractivity contribution < 1.29 is 4.79 Å². The van der Waals surface area contributed by atoms with E-state index in [1.54, 1.807) is 0 Å². The molecule has 1 saturated carbocycles. The largest absolute Gasteiger partial charge is 0.387 e. The van der Waals surface area contributed by atoms with Crippen molar-refractivity contribution in [2.24, 2.45) is 5.92 Å². The Labute approximate surface area is 109 Å². The van der Waals surface area contributed by atoms with E-state index < -0.39 is 0 Å². The van der Waals surface area contributed by atoms with Crippen molar-refractivity contribution in [3.8, 4) is 0 Å². The minimum atomic E-state index is 0.148. The molecule has 1 fully saturated rings. The predicted octanol–water partition coefficient (Wildman–Crippen LogP) is 2.99. The Bertz CT molecular complexity index is 413. The highest BCUT2D eigenvalue weighted by Crippen LogP contribution is 2.28. The maximum absolute atomic E-state index is 12.5. The summed E-state index contributed by atoms with van der Waals surface area (Å²) in [7, 11) is 1.86. The molecule has 0 bridgehead atoms. The van der Waals surface area contributed by atoms with E-state index >= 15 is 0 Å². The minimum Gasteiger partial charge on any atom is -0.387 e. The highest BCUT2D eigenvalue weighted by atomic mass is 16.2. The average Bonchev–Trinajstić information content (AvgIpc) is 2.37. The van der Waals surface area contributed by atoms with Crippen molar-refractivity contribution in [3.63, 3.8) is 0 Å². The topological polar surface area (TPSA) is 32.3 Å². The zero-order valence-corrected chi connectivity index (χ0v) is 11.3. The summed E-state index contributed by atoms with van der Waals surface area (Å²) < 4.78 is 0. The second-order valence-electron chi connectivity index (χ2n) is 4.94. The molecule has 0 heterocycles. The molecule has 1 aliphatic rings. The monoisotopic (exact) mass is 246 g/mol. The fraction of sp³-hybridized carbons (Fsp3) is 0.533. The van der Waals surface area contributed by atoms with Crippen molar-refractivity contribution in [2.75, 3.05) is 25.5 Å². The first-order chi connectivity index (χ1) is 8.76. The van der Waals surface area contributed by atoms with E-state index in [1.165, 1.54) is 19.3 Å². The number of nitrogens with one attached hydrogen (secondary N) is 1. The summed E-state index contributed by atoms with van der Waals surface area (Å²) in [6, 6.07) is 7.72. The van der Waals surface area contributed by atoms with Gasteiger partial charge in [0.25, 0.3) is 5.91 Å². The molecule has 0 aliphatic heterocycles. The average molecular weight is 246 g/mol. The molecule has 18 heavy (non-hydrogen) atoms. The molecular formula is C15H22N2O. The lowest BCUT2D eigenvalue weighted by Crippen LogP contribution is -2.37. The fourth-order valence-corrected chi connectivity index (χ4v) is 2.40. The van der Waals surface area contributed by atoms with Crippen LogP contribution in [-0.4, -0.2) is 30.9 Å². The van der Waals surface area contributed by atoms with Crippen molar-refractivity contribution in [1.82, 2.24) is 4.90 Å². The third kappa shape index (κ3) is 2.66. The first kappa shape index (κ1) is 12.9. The van der Waals surface area contributed by atoms with Crippen LogP contribution >= 0.6 is 0 Å². The van der Waals surface area contributed by atoms with Gasteiger partial charge in [0, 0.05) is 25.8 Å². The smallest absolute Gasteiger partial charge is 0.255 e. The van der Waals surface area contributed by atoms with Crippen LogP contribution in [-0.2, 0) is 0 Å². The molecule has 2 rings (SSSR count). The van der Waals surface area contributed by atoms with Gasteiger partial charge in [-0.3, -0.25) is 4.79 Å². The van der Waals surface area contributed by atoms with Gasteiger partial charge in [0.15, 0.2) is 0 Å². The Kier molecular flexibility index (Phi) is 4.24. The van der Waals surface area contributed by atoms with E-state index in [0.717, 1.165) is 30.3 Å². The van der Waals surface area contributed by atoms with Crippen molar-refractivity contribution >= 4 is 11.6 Å². The van der Waals surface area contributed by atoms with Gasteiger partial charge >= 0.3 is 0 Å². The quantitative estimate of drug-likeness (QED) is 0.866. The van der Waals surface area contributed by atoms with E-state index in [1.807, 2.05) is 36.2 Å². The maximum atomic E-state index is 12.5. The Morgan fingerprint density at radius 3 is 2.67 bits per heavy atom. The van der Waals surface area contributed by atoms with Crippen LogP contribution in [0.5, 0.6) is 0 Å². The van der Waals surface area contributed by atoms with Gasteiger partial charge in [0.05, 0.1) is 5.56 Å². The predicted molar refractivity (Wildman–Crippen MR) is 74.9 cm³/mol. The Hall–Kier alpha value is -1.51. The van der Waals surface area contributed by atoms with Crippen LogP contribution in [0.25, 0.3) is 0 Å². The molecule has 1 aliphatic carbocycles. The van der Waals surface area contributed by atoms with Gasteiger partial charge in [0.1, 0.15) is 0 Å². The molecule has 1 aromatic carbocycles. The molecule has 1 N–H and O–H groups in total. The van der Waals surface area contributed by atoms with Gasteiger partial charge in [-0.25, -0.2) is 0 Å². The summed E-state index contributed by atoms with van der Waals surface area (Å²) in [4.78, 5) is 14.5. The highest BCUT2D eigenvalue weighted by Gasteiger charge is 2.24. The molecule has 0 spiro atoms. The van der Waals surface area contributed by atoms with Crippen LogP contribution in [0.4, 0.5) is 5.69 Å². The first-order valence-electron chi connectivity index (χ1n) is 6.82. The Morgan fingerprint density at radius 1 is 1.39 bits per heavy atom. The number of hydrogen-bond acceptors (Lipinski definition) is 2. The van der Waals surface area contributed by atoms with Crippen LogP contribution in [0.1, 0.15) is 36.5 Å². The van der Waals surface area contributed by atoms with Gasteiger partial charge in [0.2, 0.25) is 0 Å². The fourth-order valence-electron chi connectivity index (χ4n) is 2.40. The van der Waals surface area contributed by atoms with E-state index in [0.29, 0.717) is 0 Å². The van der Waals surface area contributed by atoms with Crippen LogP contribution in [0.15, 0.2) is 24.3 Å². The number of hydrogen-bond donors (Lipinski definition) is 1.